The fraction of sp³-hybridized carbons (Fsp3) is 0.300. The molecular weight excluding hydrogens is 382 g/mol. The standard InChI is InChI=1S/C20H24F2N4O3/c1-3-24-20(25-11-13-5-4-6-14(9-13)18(23)27)26-12-15-10-16(28-2)7-8-17(15)29-19(21)22/h4-10,19H,3,11-12H2,1-2H3,(H2,23,27)(H2,24,25,26). The maximum atomic E-state index is 12.7. The zero-order valence-corrected chi connectivity index (χ0v) is 16.2. The molecule has 7 nitrogen and oxygen atoms in total. The molecule has 0 saturated carbocycles. The number of amides is 1. The summed E-state index contributed by atoms with van der Waals surface area (Å²) in [6.07, 6.45) is 0. The van der Waals surface area contributed by atoms with Gasteiger partial charge in [0.05, 0.1) is 13.7 Å². The summed E-state index contributed by atoms with van der Waals surface area (Å²) in [5.74, 6) is 0.542. The molecule has 0 spiro atoms. The normalized spacial score (nSPS) is 11.3. The Labute approximate surface area is 167 Å². The average molecular weight is 406 g/mol. The van der Waals surface area contributed by atoms with Crippen LogP contribution in [0.3, 0.4) is 0 Å². The molecule has 0 atom stereocenters. The number of ether oxygens (including phenoxy) is 2. The van der Waals surface area contributed by atoms with E-state index in [2.05, 4.69) is 20.4 Å². The van der Waals surface area contributed by atoms with Crippen LogP contribution in [-0.4, -0.2) is 32.1 Å². The quantitative estimate of drug-likeness (QED) is 0.439. The molecule has 0 heterocycles. The van der Waals surface area contributed by atoms with Crippen molar-refractivity contribution in [2.45, 2.75) is 26.6 Å². The summed E-state index contributed by atoms with van der Waals surface area (Å²) in [5.41, 5.74) is 7.00. The number of benzene rings is 2. The number of nitrogens with zero attached hydrogens (tertiary/aromatic N) is 1. The Morgan fingerprint density at radius 1 is 1.21 bits per heavy atom. The first-order valence-corrected chi connectivity index (χ1v) is 8.95. The van der Waals surface area contributed by atoms with Gasteiger partial charge in [0.1, 0.15) is 11.5 Å². The number of carbonyl (C=O) groups is 1. The van der Waals surface area contributed by atoms with Crippen LogP contribution in [0.5, 0.6) is 11.5 Å². The van der Waals surface area contributed by atoms with Gasteiger partial charge in [-0.1, -0.05) is 12.1 Å². The highest BCUT2D eigenvalue weighted by Gasteiger charge is 2.12. The molecular formula is C20H24F2N4O3. The molecule has 0 aliphatic rings. The van der Waals surface area contributed by atoms with Crippen molar-refractivity contribution in [2.75, 3.05) is 13.7 Å². The van der Waals surface area contributed by atoms with Gasteiger partial charge in [-0.3, -0.25) is 4.79 Å². The fourth-order valence-electron chi connectivity index (χ4n) is 2.55. The minimum absolute atomic E-state index is 0.0540. The molecule has 1 amide bonds. The number of guanidine groups is 1. The van der Waals surface area contributed by atoms with Crippen molar-refractivity contribution in [1.29, 1.82) is 0 Å². The van der Waals surface area contributed by atoms with Crippen molar-refractivity contribution in [3.05, 3.63) is 59.2 Å². The van der Waals surface area contributed by atoms with Crippen LogP contribution in [0, 0.1) is 0 Å². The van der Waals surface area contributed by atoms with Crippen molar-refractivity contribution in [2.24, 2.45) is 10.7 Å². The van der Waals surface area contributed by atoms with Gasteiger partial charge in [-0.25, -0.2) is 4.99 Å². The lowest BCUT2D eigenvalue weighted by atomic mass is 10.1. The second kappa shape index (κ2) is 10.8. The Bertz CT molecular complexity index is 859. The number of nitrogens with one attached hydrogen (secondary N) is 2. The third-order valence-corrected chi connectivity index (χ3v) is 3.91. The molecule has 0 aromatic heterocycles. The van der Waals surface area contributed by atoms with E-state index in [1.54, 1.807) is 30.3 Å². The molecule has 0 aliphatic carbocycles. The number of aliphatic imine (C=N–C) groups is 1. The number of halogens is 2. The first kappa shape index (κ1) is 21.9. The predicted octanol–water partition coefficient (Wildman–Crippen LogP) is 2.65. The van der Waals surface area contributed by atoms with Crippen LogP contribution in [0.4, 0.5) is 8.78 Å². The molecule has 156 valence electrons. The molecule has 0 saturated heterocycles. The van der Waals surface area contributed by atoms with Crippen LogP contribution in [0.15, 0.2) is 47.5 Å². The van der Waals surface area contributed by atoms with E-state index < -0.39 is 12.5 Å². The van der Waals surface area contributed by atoms with Gasteiger partial charge >= 0.3 is 6.61 Å². The van der Waals surface area contributed by atoms with E-state index >= 15 is 0 Å². The highest BCUT2D eigenvalue weighted by Crippen LogP contribution is 2.25. The Morgan fingerprint density at radius 2 is 2.00 bits per heavy atom. The van der Waals surface area contributed by atoms with E-state index in [1.807, 2.05) is 13.0 Å². The minimum atomic E-state index is -2.93. The van der Waals surface area contributed by atoms with E-state index in [4.69, 9.17) is 10.5 Å². The summed E-state index contributed by atoms with van der Waals surface area (Å²) in [4.78, 5) is 15.8. The van der Waals surface area contributed by atoms with Crippen molar-refractivity contribution in [3.8, 4) is 11.5 Å². The molecule has 2 aromatic rings. The second-order valence-corrected chi connectivity index (χ2v) is 5.97. The highest BCUT2D eigenvalue weighted by atomic mass is 19.3. The van der Waals surface area contributed by atoms with Crippen LogP contribution in [0.2, 0.25) is 0 Å². The molecule has 0 unspecified atom stereocenters. The van der Waals surface area contributed by atoms with Crippen LogP contribution in [-0.2, 0) is 13.1 Å². The van der Waals surface area contributed by atoms with E-state index in [9.17, 15) is 13.6 Å². The molecule has 2 aromatic carbocycles. The molecule has 0 radical (unpaired) electrons. The van der Waals surface area contributed by atoms with Gasteiger partial charge < -0.3 is 25.8 Å². The van der Waals surface area contributed by atoms with Gasteiger partial charge in [-0.15, -0.1) is 0 Å². The summed E-state index contributed by atoms with van der Waals surface area (Å²) in [6, 6.07) is 11.5. The highest BCUT2D eigenvalue weighted by molar-refractivity contribution is 5.92. The fourth-order valence-corrected chi connectivity index (χ4v) is 2.55. The molecule has 0 fully saturated rings. The molecule has 4 N–H and O–H groups in total. The van der Waals surface area contributed by atoms with Gasteiger partial charge in [-0.2, -0.15) is 8.78 Å². The van der Waals surface area contributed by atoms with E-state index in [-0.39, 0.29) is 12.3 Å². The maximum absolute atomic E-state index is 12.7. The smallest absolute Gasteiger partial charge is 0.387 e. The number of alkyl halides is 2. The lowest BCUT2D eigenvalue weighted by Crippen LogP contribution is -2.36. The number of methoxy groups -OCH3 is 1. The molecule has 0 aliphatic heterocycles. The second-order valence-electron chi connectivity index (χ2n) is 5.97. The van der Waals surface area contributed by atoms with Crippen LogP contribution < -0.4 is 25.8 Å². The van der Waals surface area contributed by atoms with E-state index in [0.29, 0.717) is 35.9 Å². The van der Waals surface area contributed by atoms with E-state index in [1.165, 1.54) is 13.2 Å². The van der Waals surface area contributed by atoms with Crippen molar-refractivity contribution >= 4 is 11.9 Å². The Morgan fingerprint density at radius 3 is 2.66 bits per heavy atom. The lowest BCUT2D eigenvalue weighted by molar-refractivity contribution is -0.0505. The van der Waals surface area contributed by atoms with Crippen LogP contribution in [0.25, 0.3) is 0 Å². The minimum Gasteiger partial charge on any atom is -0.497 e. The third-order valence-electron chi connectivity index (χ3n) is 3.91. The van der Waals surface area contributed by atoms with Crippen LogP contribution in [0.1, 0.15) is 28.4 Å². The van der Waals surface area contributed by atoms with Gasteiger partial charge in [-0.05, 0) is 42.8 Å². The van der Waals surface area contributed by atoms with Crippen LogP contribution >= 0.6 is 0 Å². The van der Waals surface area contributed by atoms with Gasteiger partial charge in [0.25, 0.3) is 0 Å². The number of nitrogens with two attached hydrogens (primary N) is 1. The zero-order valence-electron chi connectivity index (χ0n) is 16.2. The van der Waals surface area contributed by atoms with Crippen molar-refractivity contribution in [3.63, 3.8) is 0 Å². The molecule has 2 rings (SSSR count). The summed E-state index contributed by atoms with van der Waals surface area (Å²) in [5, 5.41) is 6.15. The van der Waals surface area contributed by atoms with Gasteiger partial charge in [0, 0.05) is 24.2 Å². The summed E-state index contributed by atoms with van der Waals surface area (Å²) in [6.45, 7) is 0.0658. The van der Waals surface area contributed by atoms with Gasteiger partial charge in [0.2, 0.25) is 5.91 Å². The number of carbonyl (C=O) groups excluding carboxylic acids is 1. The average Bonchev–Trinajstić information content (AvgIpc) is 2.70. The molecule has 29 heavy (non-hydrogen) atoms. The molecule has 0 bridgehead atoms. The Balaban J connectivity index is 2.13. The first-order chi connectivity index (χ1) is 13.9. The maximum Gasteiger partial charge on any atom is 0.387 e. The van der Waals surface area contributed by atoms with Gasteiger partial charge in [0.15, 0.2) is 5.96 Å². The topological polar surface area (TPSA) is 98.0 Å². The monoisotopic (exact) mass is 406 g/mol. The Kier molecular flexibility index (Phi) is 8.20. The van der Waals surface area contributed by atoms with Crippen molar-refractivity contribution in [1.82, 2.24) is 10.6 Å². The van der Waals surface area contributed by atoms with Crippen molar-refractivity contribution < 1.29 is 23.0 Å². The summed E-state index contributed by atoms with van der Waals surface area (Å²) < 4.78 is 35.0. The SMILES string of the molecule is CCNC(=NCc1cccc(C(N)=O)c1)NCc1cc(OC)ccc1OC(F)F. The Hall–Kier alpha value is -3.36. The number of hydrogen-bond acceptors (Lipinski definition) is 4. The third kappa shape index (κ3) is 6.95. The lowest BCUT2D eigenvalue weighted by Gasteiger charge is -2.15. The zero-order chi connectivity index (χ0) is 21.2. The summed E-state index contributed by atoms with van der Waals surface area (Å²) >= 11 is 0. The molecule has 9 heteroatoms. The number of rotatable bonds is 9. The first-order valence-electron chi connectivity index (χ1n) is 8.95. The largest absolute Gasteiger partial charge is 0.497 e. The number of primary amides is 1. The van der Waals surface area contributed by atoms with E-state index in [0.717, 1.165) is 5.56 Å². The number of hydrogen-bond donors (Lipinski definition) is 3. The summed E-state index contributed by atoms with van der Waals surface area (Å²) in [7, 11) is 1.49. The predicted molar refractivity (Wildman–Crippen MR) is 106 cm³/mol.